The molecule has 3 rings (SSSR count). The number of nitrogens with zero attached hydrogens (tertiary/aromatic N) is 4. The lowest BCUT2D eigenvalue weighted by molar-refractivity contribution is 0.310. The number of rotatable bonds is 6. The van der Waals surface area contributed by atoms with Crippen LogP contribution in [0.15, 0.2) is 41.3 Å². The van der Waals surface area contributed by atoms with Crippen molar-refractivity contribution >= 4 is 21.4 Å². The first-order chi connectivity index (χ1) is 11.6. The summed E-state index contributed by atoms with van der Waals surface area (Å²) in [6.45, 7) is 0.648. The molecule has 0 aliphatic rings. The van der Waals surface area contributed by atoms with Gasteiger partial charge in [-0.05, 0) is 31.8 Å². The largest absolute Gasteiger partial charge is 0.497 e. The van der Waals surface area contributed by atoms with Gasteiger partial charge in [-0.15, -0.1) is 5.10 Å². The first kappa shape index (κ1) is 16.4. The third-order valence-electron chi connectivity index (χ3n) is 3.72. The van der Waals surface area contributed by atoms with Gasteiger partial charge in [-0.25, -0.2) is 4.98 Å². The number of methoxy groups -OCH3 is 1. The van der Waals surface area contributed by atoms with Gasteiger partial charge in [-0.2, -0.15) is 4.52 Å². The lowest BCUT2D eigenvalue weighted by atomic mass is 10.1. The summed E-state index contributed by atoms with van der Waals surface area (Å²) in [4.78, 5) is 18.6. The van der Waals surface area contributed by atoms with Gasteiger partial charge in [-0.1, -0.05) is 23.5 Å². The molecule has 24 heavy (non-hydrogen) atoms. The predicted octanol–water partition coefficient (Wildman–Crippen LogP) is 1.87. The number of anilines is 1. The molecule has 7 nitrogen and oxygen atoms in total. The maximum atomic E-state index is 11.7. The Labute approximate surface area is 143 Å². The summed E-state index contributed by atoms with van der Waals surface area (Å²) in [5.41, 5.74) is 0.963. The van der Waals surface area contributed by atoms with Crippen LogP contribution in [0.5, 0.6) is 5.75 Å². The minimum Gasteiger partial charge on any atom is -0.497 e. The normalized spacial score (nSPS) is 12.5. The van der Waals surface area contributed by atoms with Crippen molar-refractivity contribution in [2.45, 2.75) is 6.04 Å². The molecular weight excluding hydrogens is 326 g/mol. The Kier molecular flexibility index (Phi) is 4.77. The molecule has 8 heteroatoms. The zero-order chi connectivity index (χ0) is 17.1. The van der Waals surface area contributed by atoms with E-state index in [0.717, 1.165) is 11.3 Å². The Morgan fingerprint density at radius 1 is 1.38 bits per heavy atom. The fraction of sp³-hybridized carbons (Fsp3) is 0.312. The molecule has 3 aromatic rings. The van der Waals surface area contributed by atoms with Gasteiger partial charge in [0.25, 0.3) is 5.56 Å². The molecule has 0 radical (unpaired) electrons. The molecule has 1 N–H and O–H groups in total. The number of benzene rings is 1. The molecule has 0 saturated heterocycles. The van der Waals surface area contributed by atoms with Crippen LogP contribution in [0, 0.1) is 0 Å². The lowest BCUT2D eigenvalue weighted by Crippen LogP contribution is -2.27. The summed E-state index contributed by atoms with van der Waals surface area (Å²) in [5.74, 6) is 0.829. The van der Waals surface area contributed by atoms with Gasteiger partial charge < -0.3 is 15.0 Å². The van der Waals surface area contributed by atoms with E-state index in [1.165, 1.54) is 28.1 Å². The van der Waals surface area contributed by atoms with E-state index in [0.29, 0.717) is 16.6 Å². The highest BCUT2D eigenvalue weighted by Gasteiger charge is 2.16. The number of hydrogen-bond donors (Lipinski definition) is 1. The molecule has 1 atom stereocenters. The minimum atomic E-state index is -0.179. The van der Waals surface area contributed by atoms with E-state index in [9.17, 15) is 4.79 Å². The Morgan fingerprint density at radius 3 is 2.92 bits per heavy atom. The SMILES string of the molecule is COc1cccc([C@@H](CNc2nn3c(=O)ccnc3s2)N(C)C)c1. The van der Waals surface area contributed by atoms with Crippen molar-refractivity contribution in [2.24, 2.45) is 0 Å². The highest BCUT2D eigenvalue weighted by molar-refractivity contribution is 7.20. The first-order valence-corrected chi connectivity index (χ1v) is 8.29. The van der Waals surface area contributed by atoms with Crippen molar-refractivity contribution in [3.05, 3.63) is 52.4 Å². The van der Waals surface area contributed by atoms with Crippen molar-refractivity contribution in [1.29, 1.82) is 0 Å². The predicted molar refractivity (Wildman–Crippen MR) is 95.0 cm³/mol. The number of fused-ring (bicyclic) bond motifs is 1. The number of aromatic nitrogens is 3. The van der Waals surface area contributed by atoms with Crippen molar-refractivity contribution in [2.75, 3.05) is 33.1 Å². The second-order valence-electron chi connectivity index (χ2n) is 5.52. The van der Waals surface area contributed by atoms with E-state index in [4.69, 9.17) is 4.74 Å². The summed E-state index contributed by atoms with van der Waals surface area (Å²) < 4.78 is 6.61. The number of likely N-dealkylation sites (N-methyl/N-ethyl adjacent to an activating group) is 1. The second-order valence-corrected chi connectivity index (χ2v) is 6.48. The molecule has 0 aliphatic heterocycles. The van der Waals surface area contributed by atoms with Crippen molar-refractivity contribution in [3.8, 4) is 5.75 Å². The Balaban J connectivity index is 1.80. The monoisotopic (exact) mass is 345 g/mol. The van der Waals surface area contributed by atoms with Crippen LogP contribution in [-0.2, 0) is 0 Å². The zero-order valence-corrected chi connectivity index (χ0v) is 14.6. The third kappa shape index (κ3) is 3.39. The zero-order valence-electron chi connectivity index (χ0n) is 13.8. The molecule has 0 fully saturated rings. The summed E-state index contributed by atoms with van der Waals surface area (Å²) in [6.07, 6.45) is 1.50. The van der Waals surface area contributed by atoms with Gasteiger partial charge in [0.2, 0.25) is 10.1 Å². The number of hydrogen-bond acceptors (Lipinski definition) is 7. The quantitative estimate of drug-likeness (QED) is 0.735. The molecule has 0 amide bonds. The van der Waals surface area contributed by atoms with Crippen molar-refractivity contribution in [1.82, 2.24) is 19.5 Å². The number of ether oxygens (including phenoxy) is 1. The lowest BCUT2D eigenvalue weighted by Gasteiger charge is -2.25. The van der Waals surface area contributed by atoms with Gasteiger partial charge in [-0.3, -0.25) is 4.79 Å². The molecule has 0 saturated carbocycles. The third-order valence-corrected chi connectivity index (χ3v) is 4.60. The molecule has 0 spiro atoms. The van der Waals surface area contributed by atoms with Crippen LogP contribution in [-0.4, -0.2) is 47.2 Å². The van der Waals surface area contributed by atoms with Crippen LogP contribution in [0.2, 0.25) is 0 Å². The first-order valence-electron chi connectivity index (χ1n) is 7.47. The molecule has 2 heterocycles. The van der Waals surface area contributed by atoms with Crippen LogP contribution in [0.3, 0.4) is 0 Å². The molecule has 0 unspecified atom stereocenters. The summed E-state index contributed by atoms with van der Waals surface area (Å²) in [5, 5.41) is 8.25. The molecule has 2 aromatic heterocycles. The Morgan fingerprint density at radius 2 is 2.21 bits per heavy atom. The van der Waals surface area contributed by atoms with E-state index in [1.807, 2.05) is 32.3 Å². The fourth-order valence-electron chi connectivity index (χ4n) is 2.45. The topological polar surface area (TPSA) is 71.8 Å². The maximum absolute atomic E-state index is 11.7. The van der Waals surface area contributed by atoms with Crippen LogP contribution >= 0.6 is 11.3 Å². The van der Waals surface area contributed by atoms with E-state index < -0.39 is 0 Å². The number of nitrogens with one attached hydrogen (secondary N) is 1. The van der Waals surface area contributed by atoms with Gasteiger partial charge in [0.15, 0.2) is 0 Å². The molecule has 0 bridgehead atoms. The highest BCUT2D eigenvalue weighted by Crippen LogP contribution is 2.24. The van der Waals surface area contributed by atoms with Gasteiger partial charge in [0, 0.05) is 18.8 Å². The average molecular weight is 345 g/mol. The Bertz CT molecular complexity index is 889. The molecule has 1 aromatic carbocycles. The second kappa shape index (κ2) is 6.98. The van der Waals surface area contributed by atoms with E-state index in [1.54, 1.807) is 7.11 Å². The van der Waals surface area contributed by atoms with Crippen LogP contribution in [0.4, 0.5) is 5.13 Å². The van der Waals surface area contributed by atoms with Crippen LogP contribution < -0.4 is 15.6 Å². The van der Waals surface area contributed by atoms with Gasteiger partial charge in [0.1, 0.15) is 5.75 Å². The molecular formula is C16H19N5O2S. The van der Waals surface area contributed by atoms with Gasteiger partial charge >= 0.3 is 0 Å². The van der Waals surface area contributed by atoms with E-state index >= 15 is 0 Å². The standard InChI is InChI=1S/C16H19N5O2S/c1-20(2)13(11-5-4-6-12(9-11)23-3)10-18-15-19-21-14(22)7-8-17-16(21)24-15/h4-9,13H,10H2,1-3H3,(H,18,19)/t13-/m1/s1. The summed E-state index contributed by atoms with van der Waals surface area (Å²) in [6, 6.07) is 9.53. The summed E-state index contributed by atoms with van der Waals surface area (Å²) in [7, 11) is 5.71. The molecule has 126 valence electrons. The smallest absolute Gasteiger partial charge is 0.275 e. The molecule has 0 aliphatic carbocycles. The van der Waals surface area contributed by atoms with E-state index in [2.05, 4.69) is 26.4 Å². The van der Waals surface area contributed by atoms with Crippen molar-refractivity contribution < 1.29 is 4.74 Å². The minimum absolute atomic E-state index is 0.136. The summed E-state index contributed by atoms with van der Waals surface area (Å²) >= 11 is 1.35. The average Bonchev–Trinajstić information content (AvgIpc) is 2.99. The highest BCUT2D eigenvalue weighted by atomic mass is 32.1. The van der Waals surface area contributed by atoms with Crippen LogP contribution in [0.25, 0.3) is 4.96 Å². The van der Waals surface area contributed by atoms with Crippen LogP contribution in [0.1, 0.15) is 11.6 Å². The van der Waals surface area contributed by atoms with Gasteiger partial charge in [0.05, 0.1) is 13.2 Å². The maximum Gasteiger partial charge on any atom is 0.275 e. The van der Waals surface area contributed by atoms with E-state index in [-0.39, 0.29) is 11.6 Å². The fourth-order valence-corrected chi connectivity index (χ4v) is 3.23. The Hall–Kier alpha value is -2.45. The van der Waals surface area contributed by atoms with Crippen molar-refractivity contribution in [3.63, 3.8) is 0 Å².